The third-order valence-corrected chi connectivity index (χ3v) is 4.93. The van der Waals surface area contributed by atoms with Crippen molar-refractivity contribution in [2.75, 3.05) is 4.72 Å². The zero-order valence-corrected chi connectivity index (χ0v) is 13.6. The predicted octanol–water partition coefficient (Wildman–Crippen LogP) is 3.39. The highest BCUT2D eigenvalue weighted by atomic mass is 35.5. The van der Waals surface area contributed by atoms with Crippen molar-refractivity contribution in [3.05, 3.63) is 77.8 Å². The van der Waals surface area contributed by atoms with E-state index in [9.17, 15) is 8.42 Å². The fourth-order valence-corrected chi connectivity index (χ4v) is 3.38. The molecule has 0 atom stereocenters. The summed E-state index contributed by atoms with van der Waals surface area (Å²) < 4.78 is 29.5. The molecule has 0 aliphatic rings. The van der Waals surface area contributed by atoms with E-state index in [0.29, 0.717) is 17.3 Å². The first kappa shape index (κ1) is 15.6. The monoisotopic (exact) mass is 347 g/mol. The Balaban J connectivity index is 1.89. The maximum atomic E-state index is 12.5. The van der Waals surface area contributed by atoms with Crippen molar-refractivity contribution in [2.45, 2.75) is 11.4 Å². The molecular weight excluding hydrogens is 334 g/mol. The average Bonchev–Trinajstić information content (AvgIpc) is 3.02. The molecule has 0 aliphatic heterocycles. The van der Waals surface area contributed by atoms with Crippen LogP contribution in [0.25, 0.3) is 0 Å². The maximum Gasteiger partial charge on any atom is 0.261 e. The molecule has 118 valence electrons. The smallest absolute Gasteiger partial charge is 0.261 e. The van der Waals surface area contributed by atoms with Gasteiger partial charge >= 0.3 is 0 Å². The van der Waals surface area contributed by atoms with Crippen LogP contribution >= 0.6 is 11.6 Å². The van der Waals surface area contributed by atoms with Gasteiger partial charge in [-0.2, -0.15) is 0 Å². The molecule has 1 aromatic heterocycles. The Labute approximate surface area is 139 Å². The van der Waals surface area contributed by atoms with Crippen molar-refractivity contribution >= 4 is 27.3 Å². The first-order chi connectivity index (χ1) is 11.0. The van der Waals surface area contributed by atoms with Crippen LogP contribution in [0.1, 0.15) is 5.56 Å². The topological polar surface area (TPSA) is 64.0 Å². The van der Waals surface area contributed by atoms with E-state index in [4.69, 9.17) is 11.6 Å². The highest BCUT2D eigenvalue weighted by Crippen LogP contribution is 2.22. The van der Waals surface area contributed by atoms with Crippen molar-refractivity contribution in [2.24, 2.45) is 0 Å². The second-order valence-electron chi connectivity index (χ2n) is 4.95. The van der Waals surface area contributed by atoms with Gasteiger partial charge in [0.1, 0.15) is 0 Å². The van der Waals surface area contributed by atoms with Crippen LogP contribution in [0, 0.1) is 0 Å². The van der Waals surface area contributed by atoms with Crippen molar-refractivity contribution < 1.29 is 8.42 Å². The molecule has 2 aromatic carbocycles. The van der Waals surface area contributed by atoms with Gasteiger partial charge in [0.25, 0.3) is 10.0 Å². The summed E-state index contributed by atoms with van der Waals surface area (Å²) in [5, 5.41) is 0.490. The molecule has 0 amide bonds. The van der Waals surface area contributed by atoms with Crippen LogP contribution in [-0.2, 0) is 16.6 Å². The van der Waals surface area contributed by atoms with Crippen LogP contribution in [0.3, 0.4) is 0 Å². The van der Waals surface area contributed by atoms with E-state index in [1.807, 2.05) is 22.9 Å². The van der Waals surface area contributed by atoms with Crippen LogP contribution in [0.5, 0.6) is 0 Å². The lowest BCUT2D eigenvalue weighted by Gasteiger charge is -2.13. The zero-order chi connectivity index (χ0) is 16.3. The van der Waals surface area contributed by atoms with Crippen LogP contribution in [-0.4, -0.2) is 18.0 Å². The van der Waals surface area contributed by atoms with E-state index in [-0.39, 0.29) is 4.90 Å². The predicted molar refractivity (Wildman–Crippen MR) is 90.0 cm³/mol. The minimum absolute atomic E-state index is 0.166. The molecule has 23 heavy (non-hydrogen) atoms. The number of para-hydroxylation sites is 1. The zero-order valence-electron chi connectivity index (χ0n) is 12.1. The highest BCUT2D eigenvalue weighted by molar-refractivity contribution is 7.92. The molecule has 0 fully saturated rings. The number of halogens is 1. The maximum absolute atomic E-state index is 12.5. The minimum atomic E-state index is -3.67. The first-order valence-electron chi connectivity index (χ1n) is 6.87. The third kappa shape index (κ3) is 3.72. The van der Waals surface area contributed by atoms with E-state index in [1.54, 1.807) is 36.8 Å². The second kappa shape index (κ2) is 6.44. The first-order valence-corrected chi connectivity index (χ1v) is 8.73. The summed E-state index contributed by atoms with van der Waals surface area (Å²) in [4.78, 5) is 4.16. The van der Waals surface area contributed by atoms with Crippen molar-refractivity contribution in [1.29, 1.82) is 0 Å². The summed E-state index contributed by atoms with van der Waals surface area (Å²) >= 11 is 5.80. The van der Waals surface area contributed by atoms with Crippen molar-refractivity contribution in [3.8, 4) is 0 Å². The highest BCUT2D eigenvalue weighted by Gasteiger charge is 2.15. The molecule has 0 saturated carbocycles. The van der Waals surface area contributed by atoms with E-state index < -0.39 is 10.0 Å². The van der Waals surface area contributed by atoms with Gasteiger partial charge in [-0.05, 0) is 35.9 Å². The summed E-state index contributed by atoms with van der Waals surface area (Å²) in [5.41, 5.74) is 1.39. The van der Waals surface area contributed by atoms with Crippen LogP contribution in [0.2, 0.25) is 5.02 Å². The van der Waals surface area contributed by atoms with E-state index in [2.05, 4.69) is 9.71 Å². The summed E-state index contributed by atoms with van der Waals surface area (Å²) in [6.45, 7) is 0.527. The third-order valence-electron chi connectivity index (χ3n) is 3.30. The van der Waals surface area contributed by atoms with Gasteiger partial charge < -0.3 is 4.57 Å². The van der Waals surface area contributed by atoms with Gasteiger partial charge in [0.05, 0.1) is 23.5 Å². The number of hydrogen-bond acceptors (Lipinski definition) is 3. The second-order valence-corrected chi connectivity index (χ2v) is 7.07. The van der Waals surface area contributed by atoms with Gasteiger partial charge in [-0.25, -0.2) is 13.4 Å². The quantitative estimate of drug-likeness (QED) is 0.769. The number of aromatic nitrogens is 2. The molecule has 0 spiro atoms. The molecule has 0 bridgehead atoms. The van der Waals surface area contributed by atoms with Gasteiger partial charge in [-0.15, -0.1) is 0 Å². The number of imidazole rings is 1. The lowest BCUT2D eigenvalue weighted by atomic mass is 10.2. The van der Waals surface area contributed by atoms with Crippen molar-refractivity contribution in [1.82, 2.24) is 9.55 Å². The summed E-state index contributed by atoms with van der Waals surface area (Å²) in [7, 11) is -3.67. The number of anilines is 1. The molecule has 0 radical (unpaired) electrons. The molecule has 5 nitrogen and oxygen atoms in total. The van der Waals surface area contributed by atoms with Gasteiger partial charge in [-0.1, -0.05) is 29.8 Å². The van der Waals surface area contributed by atoms with Crippen molar-refractivity contribution in [3.63, 3.8) is 0 Å². The molecular formula is C16H14ClN3O2S. The van der Waals surface area contributed by atoms with E-state index in [1.165, 1.54) is 12.1 Å². The number of nitrogens with one attached hydrogen (secondary N) is 1. The molecule has 0 unspecified atom stereocenters. The Hall–Kier alpha value is -2.31. The van der Waals surface area contributed by atoms with Crippen LogP contribution in [0.15, 0.2) is 72.1 Å². The molecule has 7 heteroatoms. The van der Waals surface area contributed by atoms with Gasteiger partial charge in [-0.3, -0.25) is 4.72 Å². The van der Waals surface area contributed by atoms with Crippen LogP contribution in [0.4, 0.5) is 5.69 Å². The number of rotatable bonds is 5. The van der Waals surface area contributed by atoms with Crippen LogP contribution < -0.4 is 4.72 Å². The summed E-state index contributed by atoms with van der Waals surface area (Å²) in [6.07, 6.45) is 5.19. The van der Waals surface area contributed by atoms with Gasteiger partial charge in [0.2, 0.25) is 0 Å². The van der Waals surface area contributed by atoms with Gasteiger partial charge in [0.15, 0.2) is 0 Å². The molecule has 3 aromatic rings. The molecule has 1 heterocycles. The number of hydrogen-bond donors (Lipinski definition) is 1. The minimum Gasteiger partial charge on any atom is -0.333 e. The fraction of sp³-hybridized carbons (Fsp3) is 0.0625. The Bertz CT molecular complexity index is 891. The molecule has 3 rings (SSSR count). The molecule has 0 aliphatic carbocycles. The Kier molecular flexibility index (Phi) is 4.36. The summed E-state index contributed by atoms with van der Waals surface area (Å²) in [5.74, 6) is 0. The van der Waals surface area contributed by atoms with E-state index in [0.717, 1.165) is 5.56 Å². The van der Waals surface area contributed by atoms with E-state index >= 15 is 0 Å². The Morgan fingerprint density at radius 1 is 1.09 bits per heavy atom. The number of sulfonamides is 1. The number of nitrogens with zero attached hydrogens (tertiary/aromatic N) is 2. The van der Waals surface area contributed by atoms with Gasteiger partial charge in [0, 0.05) is 17.4 Å². The Morgan fingerprint density at radius 3 is 2.52 bits per heavy atom. The average molecular weight is 348 g/mol. The standard InChI is InChI=1S/C16H14ClN3O2S/c17-14-5-7-15(8-6-14)23(21,22)19-16-4-2-1-3-13(16)11-20-10-9-18-12-20/h1-10,12,19H,11H2. The lowest BCUT2D eigenvalue weighted by molar-refractivity contribution is 0.601. The largest absolute Gasteiger partial charge is 0.333 e. The lowest BCUT2D eigenvalue weighted by Crippen LogP contribution is -2.14. The summed E-state index contributed by atoms with van der Waals surface area (Å²) in [6, 6.07) is 13.3. The normalized spacial score (nSPS) is 11.3. The fourth-order valence-electron chi connectivity index (χ4n) is 2.15. The molecule has 0 saturated heterocycles. The number of benzene rings is 2. The Morgan fingerprint density at radius 2 is 1.83 bits per heavy atom. The SMILES string of the molecule is O=S(=O)(Nc1ccccc1Cn1ccnc1)c1ccc(Cl)cc1. The molecule has 1 N–H and O–H groups in total.